The summed E-state index contributed by atoms with van der Waals surface area (Å²) in [6, 6.07) is 10.4. The number of halogens is 2. The molecule has 2 aromatic heterocycles. The number of aromatic nitrogens is 3. The second-order valence-corrected chi connectivity index (χ2v) is 8.22. The summed E-state index contributed by atoms with van der Waals surface area (Å²) >= 11 is 0. The number of carbonyl (C=O) groups excluding carboxylic acids is 1. The third-order valence-corrected chi connectivity index (χ3v) is 6.03. The molecule has 4 aromatic rings. The zero-order valence-corrected chi connectivity index (χ0v) is 20.1. The molecule has 0 spiro atoms. The van der Waals surface area contributed by atoms with Crippen LogP contribution in [0.25, 0.3) is 11.3 Å². The van der Waals surface area contributed by atoms with Gasteiger partial charge in [-0.2, -0.15) is 10.4 Å². The quantitative estimate of drug-likeness (QED) is 0.384. The van der Waals surface area contributed by atoms with Crippen molar-refractivity contribution in [1.82, 2.24) is 14.8 Å². The van der Waals surface area contributed by atoms with E-state index < -0.39 is 23.4 Å². The van der Waals surface area contributed by atoms with Crippen LogP contribution < -0.4 is 19.3 Å². The number of ether oxygens (including phenoxy) is 2. The van der Waals surface area contributed by atoms with Gasteiger partial charge in [0.15, 0.2) is 23.1 Å². The molecule has 0 saturated heterocycles. The van der Waals surface area contributed by atoms with E-state index in [0.717, 1.165) is 16.5 Å². The monoisotopic (exact) mass is 502 g/mol. The van der Waals surface area contributed by atoms with Gasteiger partial charge >= 0.3 is 6.03 Å². The highest BCUT2D eigenvalue weighted by atomic mass is 19.1. The Kier molecular flexibility index (Phi) is 5.93. The summed E-state index contributed by atoms with van der Waals surface area (Å²) in [5.41, 5.74) is 2.50. The molecule has 0 aliphatic carbocycles. The summed E-state index contributed by atoms with van der Waals surface area (Å²) in [6.45, 7) is -0.161. The van der Waals surface area contributed by atoms with Crippen molar-refractivity contribution in [1.29, 1.82) is 5.26 Å². The minimum atomic E-state index is -1.04. The summed E-state index contributed by atoms with van der Waals surface area (Å²) in [5.74, 6) is -2.64. The molecule has 0 radical (unpaired) electrons. The molecule has 1 aliphatic rings. The summed E-state index contributed by atoms with van der Waals surface area (Å²) in [5, 5.41) is 13.4. The fourth-order valence-corrected chi connectivity index (χ4v) is 4.19. The minimum Gasteiger partial charge on any atom is -0.493 e. The Labute approximate surface area is 210 Å². The molecule has 1 aliphatic heterocycles. The summed E-state index contributed by atoms with van der Waals surface area (Å²) in [7, 11) is 4.25. The number of methoxy groups -OCH3 is 2. The fourth-order valence-electron chi connectivity index (χ4n) is 4.19. The molecule has 0 atom stereocenters. The minimum absolute atomic E-state index is 0.161. The number of nitrogens with zero attached hydrogens (tertiary/aromatic N) is 6. The van der Waals surface area contributed by atoms with Crippen LogP contribution in [0.2, 0.25) is 0 Å². The van der Waals surface area contributed by atoms with Crippen LogP contribution in [0.15, 0.2) is 55.0 Å². The Morgan fingerprint density at radius 3 is 2.27 bits per heavy atom. The second-order valence-electron chi connectivity index (χ2n) is 8.22. The van der Waals surface area contributed by atoms with Gasteiger partial charge in [0.2, 0.25) is 0 Å². The van der Waals surface area contributed by atoms with Crippen LogP contribution in [0, 0.1) is 23.0 Å². The van der Waals surface area contributed by atoms with Gasteiger partial charge in [0, 0.05) is 36.6 Å². The van der Waals surface area contributed by atoms with E-state index in [4.69, 9.17) is 9.47 Å². The predicted molar refractivity (Wildman–Crippen MR) is 131 cm³/mol. The Bertz CT molecular complexity index is 1530. The van der Waals surface area contributed by atoms with Crippen molar-refractivity contribution < 1.29 is 23.0 Å². The van der Waals surface area contributed by atoms with Crippen molar-refractivity contribution >= 4 is 23.1 Å². The lowest BCUT2D eigenvalue weighted by molar-refractivity contribution is 0.251. The van der Waals surface area contributed by atoms with E-state index in [2.05, 4.69) is 10.1 Å². The van der Waals surface area contributed by atoms with Crippen molar-refractivity contribution in [2.75, 3.05) is 24.0 Å². The Balaban J connectivity index is 1.71. The van der Waals surface area contributed by atoms with Crippen molar-refractivity contribution in [3.63, 3.8) is 0 Å². The number of hydrogen-bond donors (Lipinski definition) is 0. The van der Waals surface area contributed by atoms with E-state index >= 15 is 8.78 Å². The third-order valence-electron chi connectivity index (χ3n) is 6.03. The van der Waals surface area contributed by atoms with Crippen molar-refractivity contribution in [3.8, 4) is 28.8 Å². The highest BCUT2D eigenvalue weighted by Crippen LogP contribution is 2.43. The summed E-state index contributed by atoms with van der Waals surface area (Å²) in [4.78, 5) is 20.7. The first-order chi connectivity index (χ1) is 17.9. The van der Waals surface area contributed by atoms with Gasteiger partial charge < -0.3 is 9.47 Å². The summed E-state index contributed by atoms with van der Waals surface area (Å²) in [6.07, 6.45) is 4.98. The third kappa shape index (κ3) is 3.98. The van der Waals surface area contributed by atoms with E-state index in [1.165, 1.54) is 19.1 Å². The van der Waals surface area contributed by atoms with Gasteiger partial charge in [-0.1, -0.05) is 0 Å². The number of anilines is 3. The van der Waals surface area contributed by atoms with Crippen LogP contribution in [0.4, 0.5) is 30.6 Å². The lowest BCUT2D eigenvalue weighted by Gasteiger charge is -2.37. The van der Waals surface area contributed by atoms with Crippen molar-refractivity contribution in [2.24, 2.45) is 7.05 Å². The maximum absolute atomic E-state index is 15.4. The van der Waals surface area contributed by atoms with E-state index in [9.17, 15) is 10.1 Å². The van der Waals surface area contributed by atoms with Gasteiger partial charge in [-0.3, -0.25) is 19.5 Å². The topological polar surface area (TPSA) is 96.5 Å². The molecule has 2 aromatic carbocycles. The molecule has 0 saturated carbocycles. The number of urea groups is 1. The molecular formula is C26H20F2N6O3. The first-order valence-electron chi connectivity index (χ1n) is 11.1. The number of pyridine rings is 1. The van der Waals surface area contributed by atoms with E-state index in [1.807, 2.05) is 6.07 Å². The molecule has 3 heterocycles. The van der Waals surface area contributed by atoms with Crippen LogP contribution in [0.5, 0.6) is 11.5 Å². The van der Waals surface area contributed by atoms with Gasteiger partial charge in [0.1, 0.15) is 5.69 Å². The molecule has 0 N–H and O–H groups in total. The number of carbonyl (C=O) groups is 1. The first kappa shape index (κ1) is 23.7. The van der Waals surface area contributed by atoms with Crippen LogP contribution in [0.1, 0.15) is 11.1 Å². The van der Waals surface area contributed by atoms with Gasteiger partial charge in [-0.15, -0.1) is 0 Å². The Morgan fingerprint density at radius 2 is 1.70 bits per heavy atom. The molecule has 0 unspecified atom stereocenters. The maximum Gasteiger partial charge on any atom is 0.334 e. The van der Waals surface area contributed by atoms with Crippen LogP contribution >= 0.6 is 0 Å². The summed E-state index contributed by atoms with van der Waals surface area (Å²) < 4.78 is 42.6. The molecule has 0 bridgehead atoms. The van der Waals surface area contributed by atoms with Crippen LogP contribution in [-0.4, -0.2) is 35.0 Å². The van der Waals surface area contributed by atoms with Gasteiger partial charge in [-0.25, -0.2) is 13.6 Å². The number of rotatable bonds is 5. The van der Waals surface area contributed by atoms with Crippen LogP contribution in [-0.2, 0) is 13.6 Å². The van der Waals surface area contributed by atoms with E-state index in [-0.39, 0.29) is 18.0 Å². The predicted octanol–water partition coefficient (Wildman–Crippen LogP) is 4.93. The zero-order chi connectivity index (χ0) is 26.3. The van der Waals surface area contributed by atoms with Gasteiger partial charge in [-0.05, 0) is 30.3 Å². The van der Waals surface area contributed by atoms with Crippen molar-refractivity contribution in [3.05, 3.63) is 77.8 Å². The highest BCUT2D eigenvalue weighted by molar-refractivity contribution is 6.11. The zero-order valence-electron chi connectivity index (χ0n) is 20.1. The smallest absolute Gasteiger partial charge is 0.334 e. The van der Waals surface area contributed by atoms with E-state index in [1.54, 1.807) is 60.7 Å². The number of nitriles is 1. The lowest BCUT2D eigenvalue weighted by atomic mass is 10.1. The van der Waals surface area contributed by atoms with E-state index in [0.29, 0.717) is 28.2 Å². The Morgan fingerprint density at radius 1 is 1.03 bits per heavy atom. The molecule has 0 fully saturated rings. The number of benzene rings is 2. The molecule has 186 valence electrons. The first-order valence-corrected chi connectivity index (χ1v) is 11.1. The maximum atomic E-state index is 15.4. The lowest BCUT2D eigenvalue weighted by Crippen LogP contribution is -2.45. The standard InChI is InChI=1S/C26H20F2N6O3/c1-32-13-16(12-31-32)19-8-20-17(11-30-19)14-33(25-23(27)21(36-2)9-22(37-3)24(25)28)26(35)34(20)18-6-4-15(10-29)5-7-18/h4-9,11-13H,14H2,1-3H3. The number of fused-ring (bicyclic) bond motifs is 1. The molecule has 9 nitrogen and oxygen atoms in total. The number of amides is 2. The average Bonchev–Trinajstić information content (AvgIpc) is 3.35. The number of aryl methyl sites for hydroxylation is 1. The number of hydrogen-bond acceptors (Lipinski definition) is 6. The second kappa shape index (κ2) is 9.23. The molecular weight excluding hydrogens is 482 g/mol. The molecule has 37 heavy (non-hydrogen) atoms. The van der Waals surface area contributed by atoms with Crippen molar-refractivity contribution in [2.45, 2.75) is 6.54 Å². The normalized spacial score (nSPS) is 12.8. The highest BCUT2D eigenvalue weighted by Gasteiger charge is 2.37. The van der Waals surface area contributed by atoms with Crippen LogP contribution in [0.3, 0.4) is 0 Å². The largest absolute Gasteiger partial charge is 0.493 e. The van der Waals surface area contributed by atoms with Gasteiger partial charge in [0.25, 0.3) is 0 Å². The molecule has 5 rings (SSSR count). The Hall–Kier alpha value is -4.98. The van der Waals surface area contributed by atoms with Gasteiger partial charge in [0.05, 0.1) is 55.7 Å². The molecule has 11 heteroatoms. The fraction of sp³-hybridized carbons (Fsp3) is 0.154. The SMILES string of the molecule is COc1cc(OC)c(F)c(N2Cc3cnc(-c4cnn(C)c4)cc3N(c3ccc(C#N)cc3)C2=O)c1F. The molecule has 2 amide bonds. The average molecular weight is 502 g/mol.